The number of hydrogen-bond acceptors (Lipinski definition) is 3. The first-order valence-electron chi connectivity index (χ1n) is 6.92. The molecular formula is C15H21NO2S. The van der Waals surface area contributed by atoms with Crippen molar-refractivity contribution in [3.05, 3.63) is 24.3 Å². The molecule has 1 fully saturated rings. The molecule has 1 aromatic carbocycles. The van der Waals surface area contributed by atoms with Gasteiger partial charge in [0.1, 0.15) is 5.75 Å². The maximum Gasteiger partial charge on any atom is 0.233 e. The highest BCUT2D eigenvalue weighted by molar-refractivity contribution is 8.00. The fraction of sp³-hybridized carbons (Fsp3) is 0.533. The summed E-state index contributed by atoms with van der Waals surface area (Å²) in [7, 11) is 0. The maximum absolute atomic E-state index is 12.3. The van der Waals surface area contributed by atoms with E-state index in [0.717, 1.165) is 30.7 Å². The zero-order valence-corrected chi connectivity index (χ0v) is 12.2. The van der Waals surface area contributed by atoms with E-state index < -0.39 is 0 Å². The molecule has 1 atom stereocenters. The third-order valence-electron chi connectivity index (χ3n) is 3.62. The number of thioether (sulfide) groups is 1. The molecule has 0 aliphatic carbocycles. The van der Waals surface area contributed by atoms with Crippen molar-refractivity contribution in [1.29, 1.82) is 0 Å². The molecule has 1 unspecified atom stereocenters. The third kappa shape index (κ3) is 3.90. The van der Waals surface area contributed by atoms with Crippen LogP contribution in [0.25, 0.3) is 0 Å². The van der Waals surface area contributed by atoms with E-state index in [1.165, 1.54) is 6.42 Å². The van der Waals surface area contributed by atoms with Crippen molar-refractivity contribution in [3.8, 4) is 5.75 Å². The van der Waals surface area contributed by atoms with Gasteiger partial charge in [-0.1, -0.05) is 6.92 Å². The van der Waals surface area contributed by atoms with E-state index in [2.05, 4.69) is 11.8 Å². The number of piperidine rings is 1. The molecule has 1 amide bonds. The molecule has 0 bridgehead atoms. The van der Waals surface area contributed by atoms with Gasteiger partial charge in [0.05, 0.1) is 5.75 Å². The molecule has 3 nitrogen and oxygen atoms in total. The lowest BCUT2D eigenvalue weighted by atomic mass is 10.0. The summed E-state index contributed by atoms with van der Waals surface area (Å²) in [5.41, 5.74) is 0. The normalized spacial score (nSPS) is 19.4. The molecule has 0 saturated carbocycles. The third-order valence-corrected chi connectivity index (χ3v) is 4.61. The van der Waals surface area contributed by atoms with E-state index >= 15 is 0 Å². The highest BCUT2D eigenvalue weighted by Crippen LogP contribution is 2.24. The van der Waals surface area contributed by atoms with Gasteiger partial charge in [-0.2, -0.15) is 0 Å². The van der Waals surface area contributed by atoms with Crippen LogP contribution in [0.3, 0.4) is 0 Å². The van der Waals surface area contributed by atoms with E-state index in [4.69, 9.17) is 0 Å². The number of likely N-dealkylation sites (tertiary alicyclic amines) is 1. The van der Waals surface area contributed by atoms with Gasteiger partial charge < -0.3 is 10.0 Å². The SMILES string of the molecule is CCC1CCCCN1C(=O)CSc1ccc(O)cc1. The highest BCUT2D eigenvalue weighted by atomic mass is 32.2. The zero-order valence-electron chi connectivity index (χ0n) is 11.3. The van der Waals surface area contributed by atoms with Crippen LogP contribution < -0.4 is 0 Å². The summed E-state index contributed by atoms with van der Waals surface area (Å²) in [6.07, 6.45) is 4.57. The first-order chi connectivity index (χ1) is 9.20. The second-order valence-electron chi connectivity index (χ2n) is 4.93. The van der Waals surface area contributed by atoms with Crippen LogP contribution in [0.2, 0.25) is 0 Å². The number of phenols is 1. The summed E-state index contributed by atoms with van der Waals surface area (Å²) < 4.78 is 0. The van der Waals surface area contributed by atoms with E-state index in [1.807, 2.05) is 12.1 Å². The van der Waals surface area contributed by atoms with Crippen molar-refractivity contribution >= 4 is 17.7 Å². The van der Waals surface area contributed by atoms with Crippen LogP contribution in [-0.4, -0.2) is 34.3 Å². The van der Waals surface area contributed by atoms with Crippen LogP contribution in [0.1, 0.15) is 32.6 Å². The predicted molar refractivity (Wildman–Crippen MR) is 78.5 cm³/mol. The Balaban J connectivity index is 1.87. The summed E-state index contributed by atoms with van der Waals surface area (Å²) >= 11 is 1.54. The van der Waals surface area contributed by atoms with Gasteiger partial charge in [0, 0.05) is 17.5 Å². The first-order valence-corrected chi connectivity index (χ1v) is 7.90. The van der Waals surface area contributed by atoms with Crippen LogP contribution in [-0.2, 0) is 4.79 Å². The van der Waals surface area contributed by atoms with Gasteiger partial charge in [-0.15, -0.1) is 11.8 Å². The fourth-order valence-electron chi connectivity index (χ4n) is 2.52. The minimum Gasteiger partial charge on any atom is -0.508 e. The van der Waals surface area contributed by atoms with Crippen molar-refractivity contribution < 1.29 is 9.90 Å². The minimum absolute atomic E-state index is 0.240. The Morgan fingerprint density at radius 2 is 2.11 bits per heavy atom. The van der Waals surface area contributed by atoms with Crippen LogP contribution in [0.5, 0.6) is 5.75 Å². The quantitative estimate of drug-likeness (QED) is 0.860. The Hall–Kier alpha value is -1.16. The standard InChI is InChI=1S/C15H21NO2S/c1-2-12-5-3-4-10-16(12)15(18)11-19-14-8-6-13(17)7-9-14/h6-9,12,17H,2-5,10-11H2,1H3. The molecule has 0 radical (unpaired) electrons. The van der Waals surface area contributed by atoms with Crippen molar-refractivity contribution in [1.82, 2.24) is 4.90 Å². The molecule has 4 heteroatoms. The van der Waals surface area contributed by atoms with Crippen LogP contribution in [0.4, 0.5) is 0 Å². The number of phenolic OH excluding ortho intramolecular Hbond substituents is 1. The van der Waals surface area contributed by atoms with Crippen molar-refractivity contribution in [2.24, 2.45) is 0 Å². The Kier molecular flexibility index (Phi) is 5.14. The second-order valence-corrected chi connectivity index (χ2v) is 5.98. The van der Waals surface area contributed by atoms with Crippen molar-refractivity contribution in [2.45, 2.75) is 43.5 Å². The lowest BCUT2D eigenvalue weighted by molar-refractivity contribution is -0.132. The van der Waals surface area contributed by atoms with Gasteiger partial charge in [-0.25, -0.2) is 0 Å². The Morgan fingerprint density at radius 3 is 2.79 bits per heavy atom. The number of carbonyl (C=O) groups excluding carboxylic acids is 1. The van der Waals surface area contributed by atoms with Crippen molar-refractivity contribution in [2.75, 3.05) is 12.3 Å². The summed E-state index contributed by atoms with van der Waals surface area (Å²) in [5.74, 6) is 0.990. The molecule has 1 N–H and O–H groups in total. The smallest absolute Gasteiger partial charge is 0.233 e. The summed E-state index contributed by atoms with van der Waals surface area (Å²) in [6, 6.07) is 7.44. The van der Waals surface area contributed by atoms with E-state index in [9.17, 15) is 9.90 Å². The number of aromatic hydroxyl groups is 1. The molecule has 0 aromatic heterocycles. The number of amides is 1. The van der Waals surface area contributed by atoms with E-state index in [-0.39, 0.29) is 11.7 Å². The van der Waals surface area contributed by atoms with Gasteiger partial charge in [0.25, 0.3) is 0 Å². The summed E-state index contributed by atoms with van der Waals surface area (Å²) in [5, 5.41) is 9.22. The number of nitrogens with zero attached hydrogens (tertiary/aromatic N) is 1. The number of rotatable bonds is 4. The highest BCUT2D eigenvalue weighted by Gasteiger charge is 2.24. The Labute approximate surface area is 119 Å². The first kappa shape index (κ1) is 14.3. The average molecular weight is 279 g/mol. The predicted octanol–water partition coefficient (Wildman–Crippen LogP) is 3.28. The number of hydrogen-bond donors (Lipinski definition) is 1. The minimum atomic E-state index is 0.240. The van der Waals surface area contributed by atoms with E-state index in [1.54, 1.807) is 23.9 Å². The largest absolute Gasteiger partial charge is 0.508 e. The summed E-state index contributed by atoms with van der Waals surface area (Å²) in [4.78, 5) is 15.3. The molecule has 19 heavy (non-hydrogen) atoms. The fourth-order valence-corrected chi connectivity index (χ4v) is 3.31. The van der Waals surface area contributed by atoms with Gasteiger partial charge in [0.15, 0.2) is 0 Å². The Morgan fingerprint density at radius 1 is 1.37 bits per heavy atom. The Bertz CT molecular complexity index is 419. The number of benzene rings is 1. The molecule has 1 heterocycles. The monoisotopic (exact) mass is 279 g/mol. The lowest BCUT2D eigenvalue weighted by Crippen LogP contribution is -2.44. The van der Waals surface area contributed by atoms with Crippen LogP contribution in [0.15, 0.2) is 29.2 Å². The lowest BCUT2D eigenvalue weighted by Gasteiger charge is -2.35. The van der Waals surface area contributed by atoms with Crippen LogP contribution >= 0.6 is 11.8 Å². The summed E-state index contributed by atoms with van der Waals surface area (Å²) in [6.45, 7) is 3.07. The van der Waals surface area contributed by atoms with Gasteiger partial charge in [0.2, 0.25) is 5.91 Å². The van der Waals surface area contributed by atoms with Gasteiger partial charge in [-0.3, -0.25) is 4.79 Å². The van der Waals surface area contributed by atoms with Crippen LogP contribution in [0, 0.1) is 0 Å². The average Bonchev–Trinajstić information content (AvgIpc) is 2.46. The zero-order chi connectivity index (χ0) is 13.7. The van der Waals surface area contributed by atoms with Gasteiger partial charge in [-0.05, 0) is 49.9 Å². The van der Waals surface area contributed by atoms with Gasteiger partial charge >= 0.3 is 0 Å². The molecule has 1 aliphatic heterocycles. The molecule has 1 aliphatic rings. The van der Waals surface area contributed by atoms with Crippen molar-refractivity contribution in [3.63, 3.8) is 0 Å². The molecular weight excluding hydrogens is 258 g/mol. The number of carbonyl (C=O) groups is 1. The molecule has 1 aromatic rings. The van der Waals surface area contributed by atoms with E-state index in [0.29, 0.717) is 11.8 Å². The second kappa shape index (κ2) is 6.85. The topological polar surface area (TPSA) is 40.5 Å². The molecule has 0 spiro atoms. The molecule has 1 saturated heterocycles. The molecule has 2 rings (SSSR count). The molecule has 104 valence electrons. The maximum atomic E-state index is 12.3.